The van der Waals surface area contributed by atoms with E-state index in [0.29, 0.717) is 18.1 Å². The second-order valence-electron chi connectivity index (χ2n) is 8.64. The lowest BCUT2D eigenvalue weighted by molar-refractivity contribution is -0.113. The van der Waals surface area contributed by atoms with Gasteiger partial charge in [0, 0.05) is 6.54 Å². The summed E-state index contributed by atoms with van der Waals surface area (Å²) in [6.07, 6.45) is 7.87. The molecular weight excluding hydrogens is 298 g/mol. The number of nitrogens with zero attached hydrogens (tertiary/aromatic N) is 1. The molecule has 3 nitrogen and oxygen atoms in total. The van der Waals surface area contributed by atoms with Crippen LogP contribution in [-0.4, -0.2) is 48.5 Å². The van der Waals surface area contributed by atoms with Gasteiger partial charge in [-0.25, -0.2) is 0 Å². The molecule has 1 heterocycles. The second-order valence-corrected chi connectivity index (χ2v) is 8.64. The van der Waals surface area contributed by atoms with Crippen LogP contribution < -0.4 is 0 Å². The molecule has 0 aromatic rings. The molecule has 0 radical (unpaired) electrons. The van der Waals surface area contributed by atoms with Crippen molar-refractivity contribution in [3.05, 3.63) is 0 Å². The summed E-state index contributed by atoms with van der Waals surface area (Å²) >= 11 is 0. The average Bonchev–Trinajstić information content (AvgIpc) is 2.90. The first kappa shape index (κ1) is 18.5. The molecule has 1 N–H and O–H groups in total. The highest BCUT2D eigenvalue weighted by atomic mass is 35.5. The van der Waals surface area contributed by atoms with Crippen molar-refractivity contribution < 1.29 is 9.84 Å². The fourth-order valence-corrected chi connectivity index (χ4v) is 5.37. The van der Waals surface area contributed by atoms with Gasteiger partial charge in [0.1, 0.15) is 0 Å². The summed E-state index contributed by atoms with van der Waals surface area (Å²) in [5, 5.41) is 10.3. The number of hydrogen-bond donors (Lipinski definition) is 1. The third-order valence-corrected chi connectivity index (χ3v) is 6.51. The molecule has 4 heteroatoms. The van der Waals surface area contributed by atoms with Gasteiger partial charge in [-0.2, -0.15) is 0 Å². The number of piperidine rings is 1. The molecule has 2 saturated carbocycles. The van der Waals surface area contributed by atoms with Crippen LogP contribution in [0.5, 0.6) is 0 Å². The zero-order valence-corrected chi connectivity index (χ0v) is 15.3. The highest BCUT2D eigenvalue weighted by Gasteiger charge is 2.60. The maximum Gasteiger partial charge on any atom is 0.0900 e. The number of fused-ring (bicyclic) bond motifs is 2. The van der Waals surface area contributed by atoms with Crippen LogP contribution >= 0.6 is 12.4 Å². The van der Waals surface area contributed by atoms with Crippen molar-refractivity contribution in [1.29, 1.82) is 0 Å². The van der Waals surface area contributed by atoms with Gasteiger partial charge in [0.05, 0.1) is 18.8 Å². The molecule has 130 valence electrons. The van der Waals surface area contributed by atoms with E-state index in [1.807, 2.05) is 0 Å². The summed E-state index contributed by atoms with van der Waals surface area (Å²) in [5.41, 5.74) is 0.622. The first-order chi connectivity index (χ1) is 9.92. The Hall–Kier alpha value is 0.170. The molecule has 4 atom stereocenters. The number of ether oxygens (including phenoxy) is 1. The van der Waals surface area contributed by atoms with Crippen LogP contribution in [-0.2, 0) is 4.74 Å². The molecular formula is C18H34ClNO2. The van der Waals surface area contributed by atoms with Gasteiger partial charge in [-0.05, 0) is 61.9 Å². The van der Waals surface area contributed by atoms with Gasteiger partial charge < -0.3 is 14.7 Å². The minimum atomic E-state index is -0.332. The fraction of sp³-hybridized carbons (Fsp3) is 1.00. The Balaban J connectivity index is 0.00000176. The number of hydrogen-bond acceptors (Lipinski definition) is 3. The van der Waals surface area contributed by atoms with Gasteiger partial charge in [0.15, 0.2) is 0 Å². The summed E-state index contributed by atoms with van der Waals surface area (Å²) in [6.45, 7) is 10.7. The van der Waals surface area contributed by atoms with E-state index in [4.69, 9.17) is 4.74 Å². The van der Waals surface area contributed by atoms with Crippen molar-refractivity contribution in [2.75, 3.05) is 26.2 Å². The van der Waals surface area contributed by atoms with E-state index in [1.54, 1.807) is 0 Å². The topological polar surface area (TPSA) is 32.7 Å². The van der Waals surface area contributed by atoms with E-state index in [0.717, 1.165) is 25.6 Å². The Kier molecular flexibility index (Phi) is 5.86. The Labute approximate surface area is 142 Å². The van der Waals surface area contributed by atoms with Crippen molar-refractivity contribution in [2.45, 2.75) is 71.5 Å². The van der Waals surface area contributed by atoms with E-state index in [9.17, 15) is 5.11 Å². The quantitative estimate of drug-likeness (QED) is 0.837. The van der Waals surface area contributed by atoms with Gasteiger partial charge in [-0.1, -0.05) is 27.2 Å². The van der Waals surface area contributed by atoms with Crippen LogP contribution in [0.1, 0.15) is 59.3 Å². The van der Waals surface area contributed by atoms with Crippen molar-refractivity contribution in [1.82, 2.24) is 4.90 Å². The summed E-state index contributed by atoms with van der Waals surface area (Å²) in [4.78, 5) is 2.39. The maximum absolute atomic E-state index is 10.3. The SMILES string of the molecule is CC12CCC(C1)C(C)(C)C2OCC(O)CN1CCCCC1.Cl. The van der Waals surface area contributed by atoms with Crippen molar-refractivity contribution in [3.8, 4) is 0 Å². The molecule has 0 aromatic carbocycles. The Morgan fingerprint density at radius 3 is 2.45 bits per heavy atom. The molecule has 22 heavy (non-hydrogen) atoms. The Bertz CT molecular complexity index is 365. The van der Waals surface area contributed by atoms with E-state index in [2.05, 4.69) is 25.7 Å². The fourth-order valence-electron chi connectivity index (χ4n) is 5.37. The highest BCUT2D eigenvalue weighted by molar-refractivity contribution is 5.85. The minimum Gasteiger partial charge on any atom is -0.389 e. The van der Waals surface area contributed by atoms with E-state index in [1.165, 1.54) is 38.5 Å². The number of likely N-dealkylation sites (tertiary alicyclic amines) is 1. The Morgan fingerprint density at radius 1 is 1.18 bits per heavy atom. The van der Waals surface area contributed by atoms with Gasteiger partial charge in [-0.15, -0.1) is 12.4 Å². The monoisotopic (exact) mass is 331 g/mol. The van der Waals surface area contributed by atoms with Gasteiger partial charge >= 0.3 is 0 Å². The van der Waals surface area contributed by atoms with Gasteiger partial charge in [0.2, 0.25) is 0 Å². The third-order valence-electron chi connectivity index (χ3n) is 6.51. The van der Waals surface area contributed by atoms with Crippen LogP contribution in [0, 0.1) is 16.7 Å². The highest BCUT2D eigenvalue weighted by Crippen LogP contribution is 2.63. The molecule has 4 unspecified atom stereocenters. The van der Waals surface area contributed by atoms with Crippen LogP contribution in [0.3, 0.4) is 0 Å². The molecule has 3 fully saturated rings. The lowest BCUT2D eigenvalue weighted by Gasteiger charge is -2.42. The predicted molar refractivity (Wildman–Crippen MR) is 92.5 cm³/mol. The van der Waals surface area contributed by atoms with Crippen molar-refractivity contribution >= 4 is 12.4 Å². The average molecular weight is 332 g/mol. The number of halogens is 1. The molecule has 0 aromatic heterocycles. The van der Waals surface area contributed by atoms with Gasteiger partial charge in [-0.3, -0.25) is 0 Å². The summed E-state index contributed by atoms with van der Waals surface area (Å²) in [6, 6.07) is 0. The van der Waals surface area contributed by atoms with Gasteiger partial charge in [0.25, 0.3) is 0 Å². The standard InChI is InChI=1S/C18H33NO2.ClH/c1-17(2)14-7-8-18(3,11-14)16(17)21-13-15(20)12-19-9-5-4-6-10-19;/h14-16,20H,4-13H2,1-3H3;1H. The van der Waals surface area contributed by atoms with Crippen molar-refractivity contribution in [2.24, 2.45) is 16.7 Å². The second kappa shape index (κ2) is 6.96. The molecule has 2 aliphatic carbocycles. The number of aliphatic hydroxyl groups is 1. The normalized spacial score (nSPS) is 38.7. The largest absolute Gasteiger partial charge is 0.389 e. The zero-order valence-electron chi connectivity index (χ0n) is 14.5. The van der Waals surface area contributed by atoms with Crippen molar-refractivity contribution in [3.63, 3.8) is 0 Å². The zero-order chi connectivity index (χ0) is 15.1. The minimum absolute atomic E-state index is 0. The lowest BCUT2D eigenvalue weighted by Crippen LogP contribution is -2.45. The number of rotatable bonds is 5. The first-order valence-corrected chi connectivity index (χ1v) is 8.94. The molecule has 0 amide bonds. The van der Waals surface area contributed by atoms with E-state index >= 15 is 0 Å². The molecule has 3 aliphatic rings. The lowest BCUT2D eigenvalue weighted by atomic mass is 9.70. The molecule has 2 bridgehead atoms. The van der Waals surface area contributed by atoms with E-state index in [-0.39, 0.29) is 23.9 Å². The van der Waals surface area contributed by atoms with Crippen LogP contribution in [0.15, 0.2) is 0 Å². The maximum atomic E-state index is 10.3. The number of aliphatic hydroxyl groups excluding tert-OH is 1. The molecule has 3 rings (SSSR count). The third kappa shape index (κ3) is 3.48. The first-order valence-electron chi connectivity index (χ1n) is 8.94. The van der Waals surface area contributed by atoms with Crippen LogP contribution in [0.2, 0.25) is 0 Å². The summed E-state index contributed by atoms with van der Waals surface area (Å²) < 4.78 is 6.28. The molecule has 0 spiro atoms. The van der Waals surface area contributed by atoms with E-state index < -0.39 is 0 Å². The Morgan fingerprint density at radius 2 is 1.86 bits per heavy atom. The summed E-state index contributed by atoms with van der Waals surface area (Å²) in [5.74, 6) is 0.812. The molecule has 1 aliphatic heterocycles. The summed E-state index contributed by atoms with van der Waals surface area (Å²) in [7, 11) is 0. The smallest absolute Gasteiger partial charge is 0.0900 e. The number of β-amino-alcohol motifs (C(OH)–C–C–N with tert-alkyl or cyclic N) is 1. The van der Waals surface area contributed by atoms with Crippen LogP contribution in [0.25, 0.3) is 0 Å². The van der Waals surface area contributed by atoms with Crippen LogP contribution in [0.4, 0.5) is 0 Å². The predicted octanol–water partition coefficient (Wildman–Crippen LogP) is 3.49. The molecule has 1 saturated heterocycles.